The Kier molecular flexibility index (Phi) is 3.82. The lowest BCUT2D eigenvalue weighted by Crippen LogP contribution is -2.02. The molecule has 0 heteroatoms. The lowest BCUT2D eigenvalue weighted by Gasteiger charge is -2.31. The first-order valence-electron chi connectivity index (χ1n) is 20.1. The molecule has 0 spiro atoms. The summed E-state index contributed by atoms with van der Waals surface area (Å²) in [5.74, 6) is 0. The van der Waals surface area contributed by atoms with Crippen LogP contribution in [0.15, 0.2) is 121 Å². The smallest absolute Gasteiger partial charge is 0.0000242 e. The Morgan fingerprint density at radius 3 is 0.661 bits per heavy atom. The van der Waals surface area contributed by atoms with Crippen molar-refractivity contribution in [2.24, 2.45) is 0 Å². The molecule has 0 saturated heterocycles. The molecule has 0 aromatic heterocycles. The summed E-state index contributed by atoms with van der Waals surface area (Å²) in [6.45, 7) is 4.70. The van der Waals surface area contributed by atoms with Crippen molar-refractivity contribution in [1.82, 2.24) is 0 Å². The van der Waals surface area contributed by atoms with Gasteiger partial charge in [0.25, 0.3) is 0 Å². The molecule has 0 bridgehead atoms. The van der Waals surface area contributed by atoms with Gasteiger partial charge in [-0.25, -0.2) is 0 Å². The highest BCUT2D eigenvalue weighted by atomic mass is 14.4. The fourth-order valence-electron chi connectivity index (χ4n) is 13.5. The maximum Gasteiger partial charge on any atom is -0.0000242 e. The van der Waals surface area contributed by atoms with Gasteiger partial charge in [-0.05, 0) is 197 Å². The van der Waals surface area contributed by atoms with Crippen LogP contribution in [0.25, 0.3) is 172 Å². The quantitative estimate of drug-likeness (QED) is 0.109. The molecular formula is C56H26. The standard InChI is InChI=1S/C56H26/c1-23-11-13-33-35-17-15-30-26-8-4-6-10-28(26)32-20-22-38-40-24(2)12-14-34-36-18-16-29-25-7-3-5-9-27(25)31-19-21-37-39(23)41(33)51-53-47(35)44(30)46(32)50(38)56(53)52(42(34)40)54-48(36)43(29)45(31)49(37)55(51)54/h3-22H,1-2H3. The Morgan fingerprint density at radius 1 is 0.161 bits per heavy atom. The van der Waals surface area contributed by atoms with E-state index in [0.29, 0.717) is 0 Å². The van der Waals surface area contributed by atoms with E-state index in [-0.39, 0.29) is 0 Å². The van der Waals surface area contributed by atoms with Crippen LogP contribution in [0.5, 0.6) is 0 Å². The topological polar surface area (TPSA) is 0 Å². The van der Waals surface area contributed by atoms with E-state index in [9.17, 15) is 0 Å². The summed E-state index contributed by atoms with van der Waals surface area (Å²) in [6.07, 6.45) is 0. The SMILES string of the molecule is Cc1ccc2c3ccc4c5ccccc5c5ccc6c7c(C)ccc8c9ccc%10c%11ccccc%11c%11ccc%12c1c2c1c2c3c4c5c6c2c(c87)c2c9c%10c%11c%12c12. The van der Waals surface area contributed by atoms with Crippen molar-refractivity contribution in [1.29, 1.82) is 0 Å². The van der Waals surface area contributed by atoms with Crippen LogP contribution in [0, 0.1) is 13.8 Å². The molecule has 0 N–H and O–H groups in total. The Balaban J connectivity index is 1.40. The van der Waals surface area contributed by atoms with Gasteiger partial charge in [0.2, 0.25) is 0 Å². The molecule has 250 valence electrons. The largest absolute Gasteiger partial charge is 0.0616 e. The molecule has 0 saturated carbocycles. The summed E-state index contributed by atoms with van der Waals surface area (Å²) in [6, 6.07) is 47.8. The molecule has 0 radical (unpaired) electrons. The zero-order chi connectivity index (χ0) is 35.8. The molecule has 17 aromatic carbocycles. The van der Waals surface area contributed by atoms with E-state index in [4.69, 9.17) is 0 Å². The third-order valence-corrected chi connectivity index (χ3v) is 15.3. The first-order chi connectivity index (χ1) is 27.7. The van der Waals surface area contributed by atoms with Gasteiger partial charge in [-0.3, -0.25) is 0 Å². The van der Waals surface area contributed by atoms with Gasteiger partial charge in [0.05, 0.1) is 0 Å². The van der Waals surface area contributed by atoms with E-state index in [1.165, 1.54) is 183 Å². The fourth-order valence-corrected chi connectivity index (χ4v) is 13.5. The van der Waals surface area contributed by atoms with E-state index < -0.39 is 0 Å². The second kappa shape index (κ2) is 8.01. The van der Waals surface area contributed by atoms with Crippen LogP contribution in [-0.4, -0.2) is 0 Å². The van der Waals surface area contributed by atoms with Gasteiger partial charge in [0, 0.05) is 0 Å². The second-order valence-electron chi connectivity index (χ2n) is 17.3. The molecule has 17 aromatic rings. The molecule has 56 heavy (non-hydrogen) atoms. The van der Waals surface area contributed by atoms with Crippen LogP contribution >= 0.6 is 0 Å². The molecule has 0 nitrogen and oxygen atoms in total. The van der Waals surface area contributed by atoms with Crippen LogP contribution in [0.4, 0.5) is 0 Å². The van der Waals surface area contributed by atoms with Crippen molar-refractivity contribution in [3.63, 3.8) is 0 Å². The van der Waals surface area contributed by atoms with Crippen LogP contribution in [0.3, 0.4) is 0 Å². The summed E-state index contributed by atoms with van der Waals surface area (Å²) in [4.78, 5) is 0. The molecule has 0 aliphatic rings. The summed E-state index contributed by atoms with van der Waals surface area (Å²) < 4.78 is 0. The zero-order valence-corrected chi connectivity index (χ0v) is 30.5. The summed E-state index contributed by atoms with van der Waals surface area (Å²) >= 11 is 0. The summed E-state index contributed by atoms with van der Waals surface area (Å²) in [7, 11) is 0. The van der Waals surface area contributed by atoms with Gasteiger partial charge in [0.1, 0.15) is 0 Å². The normalized spacial score (nSPS) is 13.9. The number of aryl methyl sites for hydroxylation is 2. The lowest BCUT2D eigenvalue weighted by atomic mass is 9.71. The lowest BCUT2D eigenvalue weighted by molar-refractivity contribution is 1.56. The van der Waals surface area contributed by atoms with Crippen LogP contribution < -0.4 is 0 Å². The van der Waals surface area contributed by atoms with Gasteiger partial charge in [-0.1, -0.05) is 121 Å². The number of hydrogen-bond acceptors (Lipinski definition) is 0. The minimum absolute atomic E-state index is 1.35. The summed E-state index contributed by atoms with van der Waals surface area (Å²) in [5.41, 5.74) is 2.72. The monoisotopic (exact) mass is 698 g/mol. The van der Waals surface area contributed by atoms with Gasteiger partial charge in [-0.2, -0.15) is 0 Å². The molecule has 0 atom stereocenters. The number of hydrogen-bond donors (Lipinski definition) is 0. The van der Waals surface area contributed by atoms with Crippen molar-refractivity contribution in [3.05, 3.63) is 132 Å². The Morgan fingerprint density at radius 2 is 0.357 bits per heavy atom. The van der Waals surface area contributed by atoms with Gasteiger partial charge < -0.3 is 0 Å². The number of benzene rings is 17. The van der Waals surface area contributed by atoms with Crippen molar-refractivity contribution in [3.8, 4) is 0 Å². The average molecular weight is 699 g/mol. The van der Waals surface area contributed by atoms with Crippen molar-refractivity contribution in [2.75, 3.05) is 0 Å². The molecule has 0 heterocycles. The molecule has 0 aliphatic heterocycles. The Hall–Kier alpha value is -7.02. The first kappa shape index (κ1) is 26.7. The third-order valence-electron chi connectivity index (χ3n) is 15.3. The van der Waals surface area contributed by atoms with Crippen LogP contribution in [-0.2, 0) is 0 Å². The highest BCUT2D eigenvalue weighted by Gasteiger charge is 2.34. The molecule has 0 amide bonds. The van der Waals surface area contributed by atoms with E-state index in [2.05, 4.69) is 135 Å². The van der Waals surface area contributed by atoms with E-state index >= 15 is 0 Å². The fraction of sp³-hybridized carbons (Fsp3) is 0.0357. The predicted octanol–water partition coefficient (Wildman–Crippen LogP) is 16.3. The minimum atomic E-state index is 1.35. The number of fused-ring (bicyclic) bond motifs is 10. The Labute approximate surface area is 317 Å². The number of rotatable bonds is 0. The van der Waals surface area contributed by atoms with Gasteiger partial charge in [0.15, 0.2) is 0 Å². The zero-order valence-electron chi connectivity index (χ0n) is 30.5. The average Bonchev–Trinajstić information content (AvgIpc) is 3.24. The predicted molar refractivity (Wildman–Crippen MR) is 245 cm³/mol. The van der Waals surface area contributed by atoms with Crippen molar-refractivity contribution >= 4 is 172 Å². The molecule has 0 unspecified atom stereocenters. The molecule has 0 fully saturated rings. The van der Waals surface area contributed by atoms with Crippen molar-refractivity contribution in [2.45, 2.75) is 13.8 Å². The summed E-state index contributed by atoms with van der Waals surface area (Å²) in [5, 5.41) is 45.5. The molecule has 0 aliphatic carbocycles. The van der Waals surface area contributed by atoms with Gasteiger partial charge >= 0.3 is 0 Å². The first-order valence-corrected chi connectivity index (χ1v) is 20.1. The van der Waals surface area contributed by atoms with Crippen LogP contribution in [0.1, 0.15) is 11.1 Å². The molecular weight excluding hydrogens is 673 g/mol. The van der Waals surface area contributed by atoms with Gasteiger partial charge in [-0.15, -0.1) is 0 Å². The third kappa shape index (κ3) is 2.36. The van der Waals surface area contributed by atoms with E-state index in [1.54, 1.807) is 0 Å². The highest BCUT2D eigenvalue weighted by molar-refractivity contribution is 6.64. The maximum absolute atomic E-state index is 2.49. The van der Waals surface area contributed by atoms with E-state index in [0.717, 1.165) is 0 Å². The van der Waals surface area contributed by atoms with Crippen molar-refractivity contribution < 1.29 is 0 Å². The molecule has 17 rings (SSSR count). The minimum Gasteiger partial charge on any atom is -0.0616 e. The van der Waals surface area contributed by atoms with Crippen LogP contribution in [0.2, 0.25) is 0 Å². The maximum atomic E-state index is 2.49. The van der Waals surface area contributed by atoms with E-state index in [1.807, 2.05) is 0 Å². The second-order valence-corrected chi connectivity index (χ2v) is 17.3. The highest BCUT2D eigenvalue weighted by Crippen LogP contribution is 2.63. The Bertz CT molecular complexity index is 4300.